The number of nitrogens with one attached hydrogen (secondary N) is 2. The highest BCUT2D eigenvalue weighted by atomic mass is 16.2. The van der Waals surface area contributed by atoms with Crippen LogP contribution >= 0.6 is 0 Å². The van der Waals surface area contributed by atoms with Crippen molar-refractivity contribution in [3.8, 4) is 0 Å². The van der Waals surface area contributed by atoms with Crippen LogP contribution in [0, 0.1) is 0 Å². The molecule has 0 aromatic carbocycles. The Bertz CT molecular complexity index is 503. The molecule has 3 heterocycles. The summed E-state index contributed by atoms with van der Waals surface area (Å²) in [4.78, 5) is 24.6. The highest BCUT2D eigenvalue weighted by molar-refractivity contribution is 5.92. The maximum atomic E-state index is 12.2. The highest BCUT2D eigenvalue weighted by Crippen LogP contribution is 2.25. The van der Waals surface area contributed by atoms with E-state index in [0.717, 1.165) is 31.8 Å². The van der Waals surface area contributed by atoms with Crippen LogP contribution in [0.3, 0.4) is 0 Å². The van der Waals surface area contributed by atoms with Crippen LogP contribution in [0.15, 0.2) is 30.7 Å². The zero-order valence-electron chi connectivity index (χ0n) is 10.1. The average Bonchev–Trinajstić information content (AvgIpc) is 3.11. The van der Waals surface area contributed by atoms with E-state index in [4.69, 9.17) is 0 Å². The Morgan fingerprint density at radius 1 is 1.39 bits per heavy atom. The van der Waals surface area contributed by atoms with Crippen LogP contribution in [-0.2, 0) is 0 Å². The zero-order chi connectivity index (χ0) is 12.4. The van der Waals surface area contributed by atoms with Crippen LogP contribution in [0.4, 0.5) is 0 Å². The number of piperidine rings is 1. The van der Waals surface area contributed by atoms with Crippen LogP contribution in [-0.4, -0.2) is 38.8 Å². The monoisotopic (exact) mass is 244 g/mol. The molecule has 0 aliphatic carbocycles. The second-order valence-electron chi connectivity index (χ2n) is 4.65. The smallest absolute Gasteiger partial charge is 0.270 e. The molecule has 0 radical (unpaired) electrons. The van der Waals surface area contributed by atoms with E-state index in [1.54, 1.807) is 12.4 Å². The van der Waals surface area contributed by atoms with E-state index in [9.17, 15) is 4.79 Å². The van der Waals surface area contributed by atoms with E-state index in [1.165, 1.54) is 0 Å². The van der Waals surface area contributed by atoms with Crippen LogP contribution < -0.4 is 0 Å². The first kappa shape index (κ1) is 11.1. The van der Waals surface area contributed by atoms with E-state index < -0.39 is 0 Å². The first-order valence-electron chi connectivity index (χ1n) is 6.26. The average molecular weight is 244 g/mol. The van der Waals surface area contributed by atoms with E-state index in [-0.39, 0.29) is 5.91 Å². The van der Waals surface area contributed by atoms with Crippen molar-refractivity contribution in [2.24, 2.45) is 0 Å². The fourth-order valence-corrected chi connectivity index (χ4v) is 2.52. The Morgan fingerprint density at radius 2 is 2.33 bits per heavy atom. The molecule has 5 heteroatoms. The Hall–Kier alpha value is -2.04. The van der Waals surface area contributed by atoms with E-state index >= 15 is 0 Å². The predicted octanol–water partition coefficient (Wildman–Crippen LogP) is 1.76. The van der Waals surface area contributed by atoms with Crippen LogP contribution in [0.5, 0.6) is 0 Å². The SMILES string of the molecule is O=C(c1ccc[nH]1)N1CCCC(c2ncc[nH]2)C1. The molecular formula is C13H16N4O. The summed E-state index contributed by atoms with van der Waals surface area (Å²) in [5, 5.41) is 0. The summed E-state index contributed by atoms with van der Waals surface area (Å²) < 4.78 is 0. The van der Waals surface area contributed by atoms with Gasteiger partial charge in [-0.1, -0.05) is 0 Å². The maximum absolute atomic E-state index is 12.2. The summed E-state index contributed by atoms with van der Waals surface area (Å²) in [6.45, 7) is 1.57. The van der Waals surface area contributed by atoms with Gasteiger partial charge >= 0.3 is 0 Å². The van der Waals surface area contributed by atoms with Gasteiger partial charge in [-0.05, 0) is 25.0 Å². The third kappa shape index (κ3) is 2.03. The number of amides is 1. The Morgan fingerprint density at radius 3 is 3.06 bits per heavy atom. The lowest BCUT2D eigenvalue weighted by atomic mass is 9.97. The lowest BCUT2D eigenvalue weighted by Gasteiger charge is -2.31. The summed E-state index contributed by atoms with van der Waals surface area (Å²) in [6.07, 6.45) is 7.49. The lowest BCUT2D eigenvalue weighted by molar-refractivity contribution is 0.0699. The second-order valence-corrected chi connectivity index (χ2v) is 4.65. The fourth-order valence-electron chi connectivity index (χ4n) is 2.52. The van der Waals surface area contributed by atoms with Crippen LogP contribution in [0.25, 0.3) is 0 Å². The Balaban J connectivity index is 1.73. The quantitative estimate of drug-likeness (QED) is 0.845. The fraction of sp³-hybridized carbons (Fsp3) is 0.385. The number of imidazole rings is 1. The molecule has 1 aliphatic heterocycles. The molecule has 1 amide bonds. The van der Waals surface area contributed by atoms with Crippen molar-refractivity contribution in [3.63, 3.8) is 0 Å². The molecule has 3 rings (SSSR count). The van der Waals surface area contributed by atoms with Crippen molar-refractivity contribution in [1.82, 2.24) is 19.9 Å². The molecule has 1 fully saturated rings. The maximum Gasteiger partial charge on any atom is 0.270 e. The molecule has 0 spiro atoms. The molecule has 2 aromatic rings. The number of aromatic amines is 2. The molecule has 2 N–H and O–H groups in total. The number of H-pyrrole nitrogens is 2. The molecule has 1 unspecified atom stereocenters. The number of hydrogen-bond donors (Lipinski definition) is 2. The molecule has 1 atom stereocenters. The zero-order valence-corrected chi connectivity index (χ0v) is 10.1. The molecule has 1 aliphatic rings. The number of hydrogen-bond acceptors (Lipinski definition) is 2. The van der Waals surface area contributed by atoms with Gasteiger partial charge in [0.1, 0.15) is 11.5 Å². The largest absolute Gasteiger partial charge is 0.357 e. The highest BCUT2D eigenvalue weighted by Gasteiger charge is 2.26. The third-order valence-electron chi connectivity index (χ3n) is 3.44. The molecule has 94 valence electrons. The summed E-state index contributed by atoms with van der Waals surface area (Å²) in [5.74, 6) is 1.39. The molecular weight excluding hydrogens is 228 g/mol. The Kier molecular flexibility index (Phi) is 2.88. The minimum Gasteiger partial charge on any atom is -0.357 e. The van der Waals surface area contributed by atoms with Gasteiger partial charge in [0.2, 0.25) is 0 Å². The number of likely N-dealkylation sites (tertiary alicyclic amines) is 1. The third-order valence-corrected chi connectivity index (χ3v) is 3.44. The van der Waals surface area contributed by atoms with Gasteiger partial charge in [-0.2, -0.15) is 0 Å². The number of carbonyl (C=O) groups is 1. The van der Waals surface area contributed by atoms with Gasteiger partial charge in [-0.25, -0.2) is 4.98 Å². The molecule has 0 bridgehead atoms. The van der Waals surface area contributed by atoms with Gasteiger partial charge in [0, 0.05) is 37.6 Å². The van der Waals surface area contributed by atoms with Gasteiger partial charge in [0.25, 0.3) is 5.91 Å². The minimum atomic E-state index is 0.0799. The minimum absolute atomic E-state index is 0.0799. The number of nitrogens with zero attached hydrogens (tertiary/aromatic N) is 2. The lowest BCUT2D eigenvalue weighted by Crippen LogP contribution is -2.39. The van der Waals surface area contributed by atoms with Gasteiger partial charge in [0.05, 0.1) is 0 Å². The summed E-state index contributed by atoms with van der Waals surface area (Å²) in [7, 11) is 0. The van der Waals surface area contributed by atoms with Crippen molar-refractivity contribution in [2.45, 2.75) is 18.8 Å². The van der Waals surface area contributed by atoms with Gasteiger partial charge in [-0.15, -0.1) is 0 Å². The van der Waals surface area contributed by atoms with Crippen molar-refractivity contribution in [3.05, 3.63) is 42.2 Å². The van der Waals surface area contributed by atoms with Gasteiger partial charge < -0.3 is 14.9 Å². The number of rotatable bonds is 2. The van der Waals surface area contributed by atoms with Crippen molar-refractivity contribution >= 4 is 5.91 Å². The first-order valence-corrected chi connectivity index (χ1v) is 6.26. The predicted molar refractivity (Wildman–Crippen MR) is 67.3 cm³/mol. The van der Waals surface area contributed by atoms with Gasteiger partial charge in [0.15, 0.2) is 0 Å². The molecule has 0 saturated carbocycles. The first-order chi connectivity index (χ1) is 8.84. The number of aromatic nitrogens is 3. The van der Waals surface area contributed by atoms with Crippen molar-refractivity contribution in [1.29, 1.82) is 0 Å². The molecule has 18 heavy (non-hydrogen) atoms. The van der Waals surface area contributed by atoms with E-state index in [0.29, 0.717) is 11.6 Å². The molecule has 1 saturated heterocycles. The van der Waals surface area contributed by atoms with Crippen molar-refractivity contribution < 1.29 is 4.79 Å². The molecule has 5 nitrogen and oxygen atoms in total. The second kappa shape index (κ2) is 4.68. The van der Waals surface area contributed by atoms with E-state index in [2.05, 4.69) is 15.0 Å². The normalized spacial score (nSPS) is 20.0. The topological polar surface area (TPSA) is 64.8 Å². The summed E-state index contributed by atoms with van der Waals surface area (Å²) in [6, 6.07) is 3.67. The molecule has 2 aromatic heterocycles. The van der Waals surface area contributed by atoms with Crippen LogP contribution in [0.2, 0.25) is 0 Å². The van der Waals surface area contributed by atoms with Crippen LogP contribution in [0.1, 0.15) is 35.1 Å². The summed E-state index contributed by atoms with van der Waals surface area (Å²) in [5.41, 5.74) is 0.662. The van der Waals surface area contributed by atoms with Crippen molar-refractivity contribution in [2.75, 3.05) is 13.1 Å². The Labute approximate surface area is 105 Å². The standard InChI is InChI=1S/C13H16N4O/c18-13(11-4-1-5-14-11)17-8-2-3-10(9-17)12-15-6-7-16-12/h1,4-7,10,14H,2-3,8-9H2,(H,15,16). The van der Waals surface area contributed by atoms with Gasteiger partial charge in [-0.3, -0.25) is 4.79 Å². The summed E-state index contributed by atoms with van der Waals surface area (Å²) >= 11 is 0. The number of carbonyl (C=O) groups excluding carboxylic acids is 1. The van der Waals surface area contributed by atoms with E-state index in [1.807, 2.05) is 23.2 Å².